The fourth-order valence-corrected chi connectivity index (χ4v) is 1.57. The van der Waals surface area contributed by atoms with Crippen molar-refractivity contribution in [1.29, 1.82) is 0 Å². The Morgan fingerprint density at radius 2 is 2.31 bits per heavy atom. The van der Waals surface area contributed by atoms with Crippen LogP contribution in [0.4, 0.5) is 4.79 Å². The number of carboxylic acids is 1. The fraction of sp³-hybridized carbons (Fsp3) is 0.455. The maximum absolute atomic E-state index is 11.5. The molecule has 1 aliphatic rings. The zero-order valence-corrected chi connectivity index (χ0v) is 9.02. The summed E-state index contributed by atoms with van der Waals surface area (Å²) in [4.78, 5) is 23.7. The summed E-state index contributed by atoms with van der Waals surface area (Å²) >= 11 is 0. The molecule has 1 amide bonds. The van der Waals surface area contributed by atoms with Gasteiger partial charge in [-0.05, 0) is 12.8 Å². The summed E-state index contributed by atoms with van der Waals surface area (Å²) < 4.78 is 4.82. The number of carbonyl (C=O) groups is 2. The predicted octanol–water partition coefficient (Wildman–Crippen LogP) is 1.41. The van der Waals surface area contributed by atoms with Gasteiger partial charge in [0.15, 0.2) is 0 Å². The van der Waals surface area contributed by atoms with Gasteiger partial charge in [-0.15, -0.1) is 0 Å². The lowest BCUT2D eigenvalue weighted by atomic mass is 9.98. The van der Waals surface area contributed by atoms with Crippen LogP contribution >= 0.6 is 0 Å². The molecule has 0 aromatic rings. The minimum atomic E-state index is -1.03. The molecule has 1 heterocycles. The van der Waals surface area contributed by atoms with Crippen LogP contribution in [0.2, 0.25) is 0 Å². The van der Waals surface area contributed by atoms with Crippen LogP contribution < -0.4 is 0 Å². The van der Waals surface area contributed by atoms with Crippen LogP contribution in [0.5, 0.6) is 0 Å². The van der Waals surface area contributed by atoms with Crippen molar-refractivity contribution >= 4 is 12.1 Å². The predicted molar refractivity (Wildman–Crippen MR) is 58.0 cm³/mol. The molecule has 5 heteroatoms. The molecule has 1 unspecified atom stereocenters. The first-order valence-corrected chi connectivity index (χ1v) is 5.00. The standard InChI is InChI=1S/C11H15NO4/c1-3-6-16-11(15)12-5-4-8(2)7-9(12)10(13)14/h3,9H,1-2,4-7H2,(H,13,14). The Balaban J connectivity index is 2.68. The van der Waals surface area contributed by atoms with Crippen LogP contribution in [0, 0.1) is 0 Å². The summed E-state index contributed by atoms with van der Waals surface area (Å²) in [5, 5.41) is 8.99. The second-order valence-corrected chi connectivity index (χ2v) is 3.62. The van der Waals surface area contributed by atoms with Gasteiger partial charge in [-0.25, -0.2) is 9.59 Å². The number of ether oxygens (including phenoxy) is 1. The normalized spacial score (nSPS) is 20.4. The number of hydrogen-bond donors (Lipinski definition) is 1. The maximum atomic E-state index is 11.5. The van der Waals surface area contributed by atoms with E-state index in [1.165, 1.54) is 11.0 Å². The zero-order chi connectivity index (χ0) is 12.1. The number of hydrogen-bond acceptors (Lipinski definition) is 3. The quantitative estimate of drug-likeness (QED) is 0.737. The Labute approximate surface area is 94.0 Å². The Bertz CT molecular complexity index is 324. The minimum absolute atomic E-state index is 0.0859. The number of amides is 1. The second-order valence-electron chi connectivity index (χ2n) is 3.62. The first kappa shape index (κ1) is 12.3. The molecule has 1 atom stereocenters. The number of likely N-dealkylation sites (tertiary alicyclic amines) is 1. The molecule has 1 fully saturated rings. The Morgan fingerprint density at radius 1 is 1.62 bits per heavy atom. The third-order valence-corrected chi connectivity index (χ3v) is 2.41. The number of nitrogens with zero attached hydrogens (tertiary/aromatic N) is 1. The van der Waals surface area contributed by atoms with Crippen molar-refractivity contribution in [2.45, 2.75) is 18.9 Å². The molecule has 1 N–H and O–H groups in total. The summed E-state index contributed by atoms with van der Waals surface area (Å²) in [6.45, 7) is 7.59. The molecular formula is C11H15NO4. The number of piperidine rings is 1. The summed E-state index contributed by atoms with van der Waals surface area (Å²) in [5.74, 6) is -1.03. The summed E-state index contributed by atoms with van der Waals surface area (Å²) in [5.41, 5.74) is 0.847. The molecule has 0 saturated carbocycles. The van der Waals surface area contributed by atoms with Gasteiger partial charge in [0.25, 0.3) is 0 Å². The first-order chi connectivity index (χ1) is 7.56. The van der Waals surface area contributed by atoms with Crippen LogP contribution in [-0.4, -0.2) is 41.3 Å². The van der Waals surface area contributed by atoms with Crippen molar-refractivity contribution in [2.75, 3.05) is 13.2 Å². The van der Waals surface area contributed by atoms with Crippen LogP contribution in [0.1, 0.15) is 12.8 Å². The van der Waals surface area contributed by atoms with Crippen molar-refractivity contribution in [3.63, 3.8) is 0 Å². The van der Waals surface area contributed by atoms with Crippen LogP contribution in [-0.2, 0) is 9.53 Å². The topological polar surface area (TPSA) is 66.8 Å². The van der Waals surface area contributed by atoms with Gasteiger partial charge in [-0.1, -0.05) is 24.8 Å². The SMILES string of the molecule is C=CCOC(=O)N1CCC(=C)CC1C(=O)O. The Hall–Kier alpha value is -1.78. The van der Waals surface area contributed by atoms with E-state index < -0.39 is 18.1 Å². The van der Waals surface area contributed by atoms with Gasteiger partial charge >= 0.3 is 12.1 Å². The minimum Gasteiger partial charge on any atom is -0.480 e. The van der Waals surface area contributed by atoms with Crippen molar-refractivity contribution in [2.24, 2.45) is 0 Å². The number of rotatable bonds is 3. The summed E-state index contributed by atoms with van der Waals surface area (Å²) in [6, 6.07) is -0.862. The number of carbonyl (C=O) groups excluding carboxylic acids is 1. The van der Waals surface area contributed by atoms with Crippen LogP contribution in [0.25, 0.3) is 0 Å². The maximum Gasteiger partial charge on any atom is 0.410 e. The van der Waals surface area contributed by atoms with Gasteiger partial charge < -0.3 is 9.84 Å². The van der Waals surface area contributed by atoms with Crippen LogP contribution in [0.15, 0.2) is 24.8 Å². The molecule has 0 aliphatic carbocycles. The van der Waals surface area contributed by atoms with Gasteiger partial charge in [0.05, 0.1) is 0 Å². The highest BCUT2D eigenvalue weighted by Crippen LogP contribution is 2.21. The molecule has 5 nitrogen and oxygen atoms in total. The third-order valence-electron chi connectivity index (χ3n) is 2.41. The average Bonchev–Trinajstić information content (AvgIpc) is 2.25. The van der Waals surface area contributed by atoms with Gasteiger partial charge in [0.2, 0.25) is 0 Å². The van der Waals surface area contributed by atoms with Gasteiger partial charge in [0, 0.05) is 6.54 Å². The van der Waals surface area contributed by atoms with Crippen molar-refractivity contribution in [3.8, 4) is 0 Å². The molecular weight excluding hydrogens is 210 g/mol. The molecule has 0 spiro atoms. The third kappa shape index (κ3) is 2.85. The summed E-state index contributed by atoms with van der Waals surface area (Å²) in [7, 11) is 0. The second kappa shape index (κ2) is 5.34. The van der Waals surface area contributed by atoms with E-state index in [4.69, 9.17) is 9.84 Å². The molecule has 0 aromatic carbocycles. The molecule has 1 rings (SSSR count). The molecule has 16 heavy (non-hydrogen) atoms. The highest BCUT2D eigenvalue weighted by atomic mass is 16.6. The van der Waals surface area contributed by atoms with Crippen molar-refractivity contribution < 1.29 is 19.4 Å². The van der Waals surface area contributed by atoms with Gasteiger partial charge in [0.1, 0.15) is 12.6 Å². The molecule has 1 saturated heterocycles. The lowest BCUT2D eigenvalue weighted by Crippen LogP contribution is -2.48. The van der Waals surface area contributed by atoms with E-state index in [1.54, 1.807) is 0 Å². The lowest BCUT2D eigenvalue weighted by Gasteiger charge is -2.32. The highest BCUT2D eigenvalue weighted by molar-refractivity contribution is 5.80. The van der Waals surface area contributed by atoms with E-state index >= 15 is 0 Å². The molecule has 1 aliphatic heterocycles. The Kier molecular flexibility index (Phi) is 4.10. The Morgan fingerprint density at radius 3 is 2.88 bits per heavy atom. The largest absolute Gasteiger partial charge is 0.480 e. The average molecular weight is 225 g/mol. The van der Waals surface area contributed by atoms with E-state index in [0.29, 0.717) is 19.4 Å². The van der Waals surface area contributed by atoms with Gasteiger partial charge in [-0.3, -0.25) is 4.90 Å². The first-order valence-electron chi connectivity index (χ1n) is 5.00. The van der Waals surface area contributed by atoms with E-state index in [1.807, 2.05) is 0 Å². The highest BCUT2D eigenvalue weighted by Gasteiger charge is 2.34. The van der Waals surface area contributed by atoms with Crippen molar-refractivity contribution in [1.82, 2.24) is 4.90 Å². The lowest BCUT2D eigenvalue weighted by molar-refractivity contribution is -0.143. The molecule has 0 bridgehead atoms. The fourth-order valence-electron chi connectivity index (χ4n) is 1.57. The van der Waals surface area contributed by atoms with Crippen molar-refractivity contribution in [3.05, 3.63) is 24.8 Å². The van der Waals surface area contributed by atoms with E-state index in [0.717, 1.165) is 5.57 Å². The number of carboxylic acid groups (broad SMARTS) is 1. The van der Waals surface area contributed by atoms with E-state index in [2.05, 4.69) is 13.2 Å². The molecule has 88 valence electrons. The zero-order valence-electron chi connectivity index (χ0n) is 9.02. The van der Waals surface area contributed by atoms with Crippen LogP contribution in [0.3, 0.4) is 0 Å². The van der Waals surface area contributed by atoms with E-state index in [9.17, 15) is 9.59 Å². The number of aliphatic carboxylic acids is 1. The molecule has 0 radical (unpaired) electrons. The smallest absolute Gasteiger partial charge is 0.410 e. The monoisotopic (exact) mass is 225 g/mol. The summed E-state index contributed by atoms with van der Waals surface area (Å²) in [6.07, 6.45) is 1.74. The molecule has 0 aromatic heterocycles. The van der Waals surface area contributed by atoms with E-state index in [-0.39, 0.29) is 6.61 Å². The van der Waals surface area contributed by atoms with Gasteiger partial charge in [-0.2, -0.15) is 0 Å².